The Hall–Kier alpha value is -0.820. The van der Waals surface area contributed by atoms with Crippen molar-refractivity contribution in [3.05, 3.63) is 36.4 Å². The lowest BCUT2D eigenvalue weighted by Gasteiger charge is -1.69. The fraction of sp³-hybridized carbons (Fsp3) is 0.400. The summed E-state index contributed by atoms with van der Waals surface area (Å²) in [5, 5.41) is 0. The molecule has 1 aromatic carbocycles. The number of benzene rings is 1. The SMILES string of the molecule is CCCC.O.c1ccccc1. The number of hydrogen-bond acceptors (Lipinski definition) is 0. The molecule has 0 aromatic heterocycles. The molecule has 0 saturated heterocycles. The van der Waals surface area contributed by atoms with Crippen molar-refractivity contribution in [3.63, 3.8) is 0 Å². The van der Waals surface area contributed by atoms with E-state index in [1.165, 1.54) is 12.8 Å². The average Bonchev–Trinajstić information content (AvgIpc) is 2.08. The van der Waals surface area contributed by atoms with E-state index in [1.807, 2.05) is 36.4 Å². The van der Waals surface area contributed by atoms with Crippen LogP contribution in [0.25, 0.3) is 0 Å². The first kappa shape index (κ1) is 12.8. The summed E-state index contributed by atoms with van der Waals surface area (Å²) in [5.41, 5.74) is 0. The molecule has 1 rings (SSSR count). The summed E-state index contributed by atoms with van der Waals surface area (Å²) in [6, 6.07) is 12.0. The second-order valence-electron chi connectivity index (χ2n) is 2.15. The Kier molecular flexibility index (Phi) is 13.9. The van der Waals surface area contributed by atoms with Gasteiger partial charge < -0.3 is 5.48 Å². The predicted molar refractivity (Wildman–Crippen MR) is 50.6 cm³/mol. The zero-order valence-electron chi connectivity index (χ0n) is 7.38. The second-order valence-corrected chi connectivity index (χ2v) is 2.15. The molecule has 11 heavy (non-hydrogen) atoms. The highest BCUT2D eigenvalue weighted by Crippen LogP contribution is 1.79. The summed E-state index contributed by atoms with van der Waals surface area (Å²) in [6.45, 7) is 4.36. The van der Waals surface area contributed by atoms with Gasteiger partial charge in [0, 0.05) is 0 Å². The highest BCUT2D eigenvalue weighted by Gasteiger charge is 1.58. The molecular formula is C10H18O. The lowest BCUT2D eigenvalue weighted by atomic mass is 10.4. The Bertz CT molecular complexity index is 96.8. The minimum atomic E-state index is 0. The topological polar surface area (TPSA) is 31.5 Å². The van der Waals surface area contributed by atoms with E-state index in [1.54, 1.807) is 0 Å². The Morgan fingerprint density at radius 2 is 0.818 bits per heavy atom. The van der Waals surface area contributed by atoms with Crippen molar-refractivity contribution in [2.75, 3.05) is 0 Å². The standard InChI is InChI=1S/C6H6.C4H10.H2O/c1-2-4-6-5-3-1;1-3-4-2;/h1-6H;3-4H2,1-2H3;1H2. The van der Waals surface area contributed by atoms with E-state index in [9.17, 15) is 0 Å². The van der Waals surface area contributed by atoms with Gasteiger partial charge in [-0.15, -0.1) is 0 Å². The molecule has 1 aromatic rings. The molecule has 0 radical (unpaired) electrons. The fourth-order valence-electron chi connectivity index (χ4n) is 0.385. The molecule has 0 spiro atoms. The van der Waals surface area contributed by atoms with Crippen molar-refractivity contribution in [3.8, 4) is 0 Å². The fourth-order valence-corrected chi connectivity index (χ4v) is 0.385. The van der Waals surface area contributed by atoms with Gasteiger partial charge in [0.05, 0.1) is 0 Å². The maximum absolute atomic E-state index is 2.18. The molecule has 0 fully saturated rings. The summed E-state index contributed by atoms with van der Waals surface area (Å²) < 4.78 is 0. The van der Waals surface area contributed by atoms with Crippen LogP contribution in [-0.2, 0) is 0 Å². The smallest absolute Gasteiger partial charge is 0.0564 e. The van der Waals surface area contributed by atoms with Crippen molar-refractivity contribution in [2.24, 2.45) is 0 Å². The van der Waals surface area contributed by atoms with Crippen LogP contribution in [0.1, 0.15) is 26.7 Å². The molecular weight excluding hydrogens is 136 g/mol. The van der Waals surface area contributed by atoms with Crippen LogP contribution in [0, 0.1) is 0 Å². The zero-order valence-corrected chi connectivity index (χ0v) is 7.38. The number of unbranched alkanes of at least 4 members (excludes halogenated alkanes) is 1. The third kappa shape index (κ3) is 12.4. The van der Waals surface area contributed by atoms with Crippen molar-refractivity contribution < 1.29 is 5.48 Å². The van der Waals surface area contributed by atoms with Gasteiger partial charge in [-0.3, -0.25) is 0 Å². The first-order valence-electron chi connectivity index (χ1n) is 3.91. The van der Waals surface area contributed by atoms with E-state index < -0.39 is 0 Å². The van der Waals surface area contributed by atoms with Crippen LogP contribution in [0.15, 0.2) is 36.4 Å². The molecule has 1 nitrogen and oxygen atoms in total. The maximum Gasteiger partial charge on any atom is -0.0564 e. The van der Waals surface area contributed by atoms with Gasteiger partial charge in [0.1, 0.15) is 0 Å². The lowest BCUT2D eigenvalue weighted by Crippen LogP contribution is -1.47. The summed E-state index contributed by atoms with van der Waals surface area (Å²) in [6.07, 6.45) is 2.64. The van der Waals surface area contributed by atoms with E-state index in [2.05, 4.69) is 13.8 Å². The number of hydrogen-bond donors (Lipinski definition) is 0. The molecule has 0 heterocycles. The van der Waals surface area contributed by atoms with Crippen LogP contribution < -0.4 is 0 Å². The van der Waals surface area contributed by atoms with Gasteiger partial charge in [0.2, 0.25) is 0 Å². The van der Waals surface area contributed by atoms with Gasteiger partial charge in [-0.2, -0.15) is 0 Å². The van der Waals surface area contributed by atoms with Gasteiger partial charge in [0.25, 0.3) is 0 Å². The Morgan fingerprint density at radius 1 is 0.636 bits per heavy atom. The lowest BCUT2D eigenvalue weighted by molar-refractivity contribution is 0.824. The van der Waals surface area contributed by atoms with E-state index in [4.69, 9.17) is 0 Å². The van der Waals surface area contributed by atoms with Gasteiger partial charge in [0.15, 0.2) is 0 Å². The average molecular weight is 154 g/mol. The van der Waals surface area contributed by atoms with E-state index in [0.717, 1.165) is 0 Å². The van der Waals surface area contributed by atoms with Gasteiger partial charge in [-0.1, -0.05) is 63.1 Å². The van der Waals surface area contributed by atoms with Crippen LogP contribution >= 0.6 is 0 Å². The molecule has 0 aliphatic heterocycles. The van der Waals surface area contributed by atoms with Crippen LogP contribution in [0.4, 0.5) is 0 Å². The maximum atomic E-state index is 2.18. The zero-order chi connectivity index (χ0) is 7.66. The molecule has 1 heteroatoms. The van der Waals surface area contributed by atoms with Crippen LogP contribution in [0.5, 0.6) is 0 Å². The Balaban J connectivity index is 0. The molecule has 0 amide bonds. The molecule has 0 saturated carbocycles. The minimum absolute atomic E-state index is 0. The monoisotopic (exact) mass is 154 g/mol. The van der Waals surface area contributed by atoms with Gasteiger partial charge in [-0.05, 0) is 0 Å². The molecule has 0 bridgehead atoms. The van der Waals surface area contributed by atoms with Crippen LogP contribution in [0.2, 0.25) is 0 Å². The van der Waals surface area contributed by atoms with Crippen molar-refractivity contribution in [1.29, 1.82) is 0 Å². The minimum Gasteiger partial charge on any atom is -0.412 e. The predicted octanol–water partition coefficient (Wildman–Crippen LogP) is 2.67. The highest BCUT2D eigenvalue weighted by atomic mass is 16.0. The molecule has 0 aliphatic carbocycles. The van der Waals surface area contributed by atoms with E-state index >= 15 is 0 Å². The van der Waals surface area contributed by atoms with Crippen LogP contribution in [0.3, 0.4) is 0 Å². The van der Waals surface area contributed by atoms with Crippen LogP contribution in [-0.4, -0.2) is 5.48 Å². The number of rotatable bonds is 1. The summed E-state index contributed by atoms with van der Waals surface area (Å²) in [7, 11) is 0. The van der Waals surface area contributed by atoms with Gasteiger partial charge >= 0.3 is 0 Å². The normalized spacial score (nSPS) is 7.09. The first-order chi connectivity index (χ1) is 4.91. The van der Waals surface area contributed by atoms with Crippen molar-refractivity contribution in [2.45, 2.75) is 26.7 Å². The Labute approximate surface area is 69.4 Å². The molecule has 0 unspecified atom stereocenters. The van der Waals surface area contributed by atoms with E-state index in [-0.39, 0.29) is 5.48 Å². The quantitative estimate of drug-likeness (QED) is 0.595. The first-order valence-corrected chi connectivity index (χ1v) is 3.91. The third-order valence-electron chi connectivity index (χ3n) is 1.17. The molecule has 0 aliphatic rings. The molecule has 2 N–H and O–H groups in total. The highest BCUT2D eigenvalue weighted by molar-refractivity contribution is 4.99. The van der Waals surface area contributed by atoms with E-state index in [0.29, 0.717) is 0 Å². The third-order valence-corrected chi connectivity index (χ3v) is 1.17. The van der Waals surface area contributed by atoms with Crippen molar-refractivity contribution in [1.82, 2.24) is 0 Å². The largest absolute Gasteiger partial charge is 0.412 e. The van der Waals surface area contributed by atoms with Gasteiger partial charge in [-0.25, -0.2) is 0 Å². The molecule has 64 valence electrons. The summed E-state index contributed by atoms with van der Waals surface area (Å²) in [5.74, 6) is 0. The second kappa shape index (κ2) is 11.9. The van der Waals surface area contributed by atoms with Crippen molar-refractivity contribution >= 4 is 0 Å². The Morgan fingerprint density at radius 3 is 0.909 bits per heavy atom. The summed E-state index contributed by atoms with van der Waals surface area (Å²) >= 11 is 0. The molecule has 0 atom stereocenters. The summed E-state index contributed by atoms with van der Waals surface area (Å²) in [4.78, 5) is 0.